The summed E-state index contributed by atoms with van der Waals surface area (Å²) in [5.41, 5.74) is 7.95. The Labute approximate surface area is 113 Å². The van der Waals surface area contributed by atoms with Crippen molar-refractivity contribution in [3.8, 4) is 0 Å². The van der Waals surface area contributed by atoms with E-state index < -0.39 is 0 Å². The Morgan fingerprint density at radius 2 is 2.11 bits per heavy atom. The Bertz CT molecular complexity index is 567. The van der Waals surface area contributed by atoms with Gasteiger partial charge in [0.15, 0.2) is 0 Å². The van der Waals surface area contributed by atoms with Crippen LogP contribution in [0.15, 0.2) is 30.5 Å². The van der Waals surface area contributed by atoms with E-state index >= 15 is 0 Å². The van der Waals surface area contributed by atoms with Crippen LogP contribution in [0.3, 0.4) is 0 Å². The lowest BCUT2D eigenvalue weighted by molar-refractivity contribution is 0.363. The maximum Gasteiger partial charge on any atom is 0.147 e. The Hall–Kier alpha value is -1.68. The Morgan fingerprint density at radius 3 is 2.89 bits per heavy atom. The van der Waals surface area contributed by atoms with Crippen molar-refractivity contribution in [2.75, 3.05) is 18.0 Å². The van der Waals surface area contributed by atoms with E-state index in [-0.39, 0.29) is 6.04 Å². The molecule has 4 heteroatoms. The van der Waals surface area contributed by atoms with Crippen molar-refractivity contribution in [2.45, 2.75) is 25.8 Å². The SMILES string of the molecule is CC(N)C1CCCN(c2cnc3ccccc3n2)C1. The fourth-order valence-electron chi connectivity index (χ4n) is 2.75. The van der Waals surface area contributed by atoms with E-state index in [2.05, 4.69) is 16.8 Å². The highest BCUT2D eigenvalue weighted by Crippen LogP contribution is 2.23. The van der Waals surface area contributed by atoms with Gasteiger partial charge < -0.3 is 10.6 Å². The second-order valence-corrected chi connectivity index (χ2v) is 5.42. The molecule has 1 fully saturated rings. The molecule has 4 nitrogen and oxygen atoms in total. The minimum atomic E-state index is 0.246. The van der Waals surface area contributed by atoms with Gasteiger partial charge in [0, 0.05) is 19.1 Å². The van der Waals surface area contributed by atoms with Crippen LogP contribution in [-0.2, 0) is 0 Å². The summed E-state index contributed by atoms with van der Waals surface area (Å²) in [7, 11) is 0. The van der Waals surface area contributed by atoms with Gasteiger partial charge in [0.25, 0.3) is 0 Å². The first kappa shape index (κ1) is 12.4. The third-order valence-corrected chi connectivity index (χ3v) is 3.96. The number of piperidine rings is 1. The molecular weight excluding hydrogens is 236 g/mol. The largest absolute Gasteiger partial charge is 0.355 e. The smallest absolute Gasteiger partial charge is 0.147 e. The zero-order valence-corrected chi connectivity index (χ0v) is 11.3. The number of nitrogens with two attached hydrogens (primary N) is 1. The topological polar surface area (TPSA) is 55.0 Å². The lowest BCUT2D eigenvalue weighted by Gasteiger charge is -2.35. The highest BCUT2D eigenvalue weighted by Gasteiger charge is 2.23. The van der Waals surface area contributed by atoms with E-state index in [0.717, 1.165) is 29.9 Å². The van der Waals surface area contributed by atoms with Gasteiger partial charge in [0.2, 0.25) is 0 Å². The van der Waals surface area contributed by atoms with Crippen LogP contribution in [0, 0.1) is 5.92 Å². The van der Waals surface area contributed by atoms with E-state index in [1.54, 1.807) is 0 Å². The predicted octanol–water partition coefficient (Wildman–Crippen LogP) is 2.19. The van der Waals surface area contributed by atoms with Crippen molar-refractivity contribution in [1.29, 1.82) is 0 Å². The number of rotatable bonds is 2. The number of hydrogen-bond acceptors (Lipinski definition) is 4. The van der Waals surface area contributed by atoms with Crippen molar-refractivity contribution in [1.82, 2.24) is 9.97 Å². The first-order valence-electron chi connectivity index (χ1n) is 6.96. The first-order valence-corrected chi connectivity index (χ1v) is 6.96. The second-order valence-electron chi connectivity index (χ2n) is 5.42. The number of nitrogens with zero attached hydrogens (tertiary/aromatic N) is 3. The van der Waals surface area contributed by atoms with Crippen molar-refractivity contribution in [3.63, 3.8) is 0 Å². The van der Waals surface area contributed by atoms with Crippen LogP contribution in [-0.4, -0.2) is 29.1 Å². The summed E-state index contributed by atoms with van der Waals surface area (Å²) in [4.78, 5) is 11.5. The number of aromatic nitrogens is 2. The van der Waals surface area contributed by atoms with Crippen LogP contribution in [0.2, 0.25) is 0 Å². The highest BCUT2D eigenvalue weighted by atomic mass is 15.2. The maximum atomic E-state index is 6.04. The van der Waals surface area contributed by atoms with Gasteiger partial charge in [-0.2, -0.15) is 0 Å². The van der Waals surface area contributed by atoms with Crippen molar-refractivity contribution < 1.29 is 0 Å². The minimum Gasteiger partial charge on any atom is -0.355 e. The zero-order valence-electron chi connectivity index (χ0n) is 11.3. The number of fused-ring (bicyclic) bond motifs is 1. The molecule has 2 unspecified atom stereocenters. The molecule has 0 spiro atoms. The van der Waals surface area contributed by atoms with Crippen molar-refractivity contribution in [3.05, 3.63) is 30.5 Å². The number of anilines is 1. The quantitative estimate of drug-likeness (QED) is 0.895. The molecule has 0 amide bonds. The van der Waals surface area contributed by atoms with Gasteiger partial charge in [-0.25, -0.2) is 4.98 Å². The Kier molecular flexibility index (Phi) is 3.34. The summed E-state index contributed by atoms with van der Waals surface area (Å²) >= 11 is 0. The first-order chi connectivity index (χ1) is 9.24. The molecule has 2 N–H and O–H groups in total. The van der Waals surface area contributed by atoms with E-state index in [9.17, 15) is 0 Å². The number of para-hydroxylation sites is 2. The molecule has 3 rings (SSSR count). The van der Waals surface area contributed by atoms with E-state index in [1.165, 1.54) is 12.8 Å². The molecule has 19 heavy (non-hydrogen) atoms. The maximum absolute atomic E-state index is 6.04. The molecule has 100 valence electrons. The summed E-state index contributed by atoms with van der Waals surface area (Å²) in [6.45, 7) is 4.14. The molecular formula is C15H20N4. The Balaban J connectivity index is 1.87. The van der Waals surface area contributed by atoms with Crippen LogP contribution in [0.1, 0.15) is 19.8 Å². The summed E-state index contributed by atoms with van der Waals surface area (Å²) in [5.74, 6) is 1.53. The van der Waals surface area contributed by atoms with Gasteiger partial charge in [-0.15, -0.1) is 0 Å². The normalized spacial score (nSPS) is 21.6. The van der Waals surface area contributed by atoms with Gasteiger partial charge in [0.05, 0.1) is 17.2 Å². The van der Waals surface area contributed by atoms with Gasteiger partial charge in [-0.3, -0.25) is 4.98 Å². The average Bonchev–Trinajstić information content (AvgIpc) is 2.47. The molecule has 1 saturated heterocycles. The van der Waals surface area contributed by atoms with E-state index in [0.29, 0.717) is 5.92 Å². The van der Waals surface area contributed by atoms with Gasteiger partial charge >= 0.3 is 0 Å². The molecule has 1 aliphatic rings. The summed E-state index contributed by atoms with van der Waals surface area (Å²) in [5, 5.41) is 0. The summed E-state index contributed by atoms with van der Waals surface area (Å²) < 4.78 is 0. The molecule has 0 bridgehead atoms. The molecule has 1 aromatic heterocycles. The second kappa shape index (κ2) is 5.13. The predicted molar refractivity (Wildman–Crippen MR) is 78.1 cm³/mol. The molecule has 1 aromatic carbocycles. The highest BCUT2D eigenvalue weighted by molar-refractivity contribution is 5.75. The molecule has 0 radical (unpaired) electrons. The molecule has 0 aliphatic carbocycles. The van der Waals surface area contributed by atoms with Crippen molar-refractivity contribution in [2.24, 2.45) is 11.7 Å². The van der Waals surface area contributed by atoms with Crippen molar-refractivity contribution >= 4 is 16.9 Å². The fourth-order valence-corrected chi connectivity index (χ4v) is 2.75. The monoisotopic (exact) mass is 256 g/mol. The lowest BCUT2D eigenvalue weighted by atomic mass is 9.92. The third-order valence-electron chi connectivity index (χ3n) is 3.96. The standard InChI is InChI=1S/C15H20N4/c1-11(16)12-5-4-8-19(10-12)15-9-17-13-6-2-3-7-14(13)18-15/h2-3,6-7,9,11-12H,4-5,8,10,16H2,1H3. The van der Waals surface area contributed by atoms with Gasteiger partial charge in [-0.05, 0) is 37.8 Å². The van der Waals surface area contributed by atoms with Crippen LogP contribution in [0.5, 0.6) is 0 Å². The molecule has 0 saturated carbocycles. The molecule has 2 atom stereocenters. The van der Waals surface area contributed by atoms with Crippen LogP contribution < -0.4 is 10.6 Å². The third kappa shape index (κ3) is 2.54. The molecule has 1 aliphatic heterocycles. The van der Waals surface area contributed by atoms with Crippen LogP contribution in [0.25, 0.3) is 11.0 Å². The Morgan fingerprint density at radius 1 is 1.32 bits per heavy atom. The fraction of sp³-hybridized carbons (Fsp3) is 0.467. The van der Waals surface area contributed by atoms with Crippen LogP contribution >= 0.6 is 0 Å². The summed E-state index contributed by atoms with van der Waals surface area (Å²) in [6, 6.07) is 8.24. The molecule has 2 aromatic rings. The number of hydrogen-bond donors (Lipinski definition) is 1. The van der Waals surface area contributed by atoms with E-state index in [1.807, 2.05) is 30.5 Å². The minimum absolute atomic E-state index is 0.246. The van der Waals surface area contributed by atoms with Crippen LogP contribution in [0.4, 0.5) is 5.82 Å². The number of benzene rings is 1. The molecule has 2 heterocycles. The lowest BCUT2D eigenvalue weighted by Crippen LogP contribution is -2.42. The van der Waals surface area contributed by atoms with Gasteiger partial charge in [-0.1, -0.05) is 12.1 Å². The zero-order chi connectivity index (χ0) is 13.2. The average molecular weight is 256 g/mol. The van der Waals surface area contributed by atoms with Gasteiger partial charge in [0.1, 0.15) is 5.82 Å². The van der Waals surface area contributed by atoms with E-state index in [4.69, 9.17) is 10.7 Å². The summed E-state index contributed by atoms with van der Waals surface area (Å²) in [6.07, 6.45) is 4.28.